The van der Waals surface area contributed by atoms with Crippen molar-refractivity contribution in [3.05, 3.63) is 11.6 Å². The first kappa shape index (κ1) is 21.7. The highest BCUT2D eigenvalue weighted by atomic mass is 15.3. The molecule has 6 heteroatoms. The van der Waals surface area contributed by atoms with Crippen LogP contribution in [-0.4, -0.2) is 40.9 Å². The molecular weight excluding hydrogens is 336 g/mol. The van der Waals surface area contributed by atoms with Gasteiger partial charge < -0.3 is 15.2 Å². The zero-order valence-electron chi connectivity index (χ0n) is 18.0. The average Bonchev–Trinajstić information content (AvgIpc) is 2.87. The Hall–Kier alpha value is -1.59. The molecule has 0 aliphatic carbocycles. The number of hydrogen-bond acceptors (Lipinski definition) is 3. The van der Waals surface area contributed by atoms with E-state index in [1.807, 2.05) is 7.05 Å². The van der Waals surface area contributed by atoms with Crippen molar-refractivity contribution in [1.82, 2.24) is 25.4 Å². The van der Waals surface area contributed by atoms with Crippen LogP contribution in [-0.2, 0) is 19.4 Å². The van der Waals surface area contributed by atoms with E-state index in [2.05, 4.69) is 51.2 Å². The maximum absolute atomic E-state index is 4.42. The van der Waals surface area contributed by atoms with Crippen LogP contribution >= 0.6 is 0 Å². The molecule has 2 rings (SSSR count). The van der Waals surface area contributed by atoms with Gasteiger partial charge in [0.2, 0.25) is 0 Å². The summed E-state index contributed by atoms with van der Waals surface area (Å²) in [5.41, 5.74) is 0.297. The number of fused-ring (bicyclic) bond motifs is 1. The Balaban J connectivity index is 1.68. The van der Waals surface area contributed by atoms with Crippen molar-refractivity contribution in [1.29, 1.82) is 0 Å². The predicted octanol–water partition coefficient (Wildman–Crippen LogP) is 3.71. The van der Waals surface area contributed by atoms with Crippen molar-refractivity contribution in [2.45, 2.75) is 91.5 Å². The van der Waals surface area contributed by atoms with E-state index in [4.69, 9.17) is 0 Å². The molecule has 0 fully saturated rings. The van der Waals surface area contributed by atoms with Gasteiger partial charge in [-0.25, -0.2) is 0 Å². The van der Waals surface area contributed by atoms with Crippen molar-refractivity contribution in [2.24, 2.45) is 10.4 Å². The van der Waals surface area contributed by atoms with E-state index in [9.17, 15) is 0 Å². The van der Waals surface area contributed by atoms with Gasteiger partial charge in [-0.05, 0) is 31.1 Å². The number of rotatable bonds is 10. The van der Waals surface area contributed by atoms with Gasteiger partial charge in [0.05, 0.1) is 0 Å². The molecule has 2 N–H and O–H groups in total. The topological polar surface area (TPSA) is 67.1 Å². The van der Waals surface area contributed by atoms with Gasteiger partial charge in [-0.3, -0.25) is 4.99 Å². The fraction of sp³-hybridized carbons (Fsp3) is 0.857. The first-order valence-electron chi connectivity index (χ1n) is 10.9. The lowest BCUT2D eigenvalue weighted by molar-refractivity contribution is 0.318. The molecule has 154 valence electrons. The molecule has 0 atom stereocenters. The number of aromatic nitrogens is 3. The van der Waals surface area contributed by atoms with Crippen LogP contribution in [0.15, 0.2) is 4.99 Å². The predicted molar refractivity (Wildman–Crippen MR) is 113 cm³/mol. The Kier molecular flexibility index (Phi) is 9.08. The second-order valence-electron chi connectivity index (χ2n) is 8.57. The summed E-state index contributed by atoms with van der Waals surface area (Å²) in [6.45, 7) is 9.86. The summed E-state index contributed by atoms with van der Waals surface area (Å²) < 4.78 is 2.35. The third-order valence-electron chi connectivity index (χ3n) is 5.47. The Morgan fingerprint density at radius 3 is 2.74 bits per heavy atom. The van der Waals surface area contributed by atoms with Crippen molar-refractivity contribution in [2.75, 3.05) is 20.1 Å². The summed E-state index contributed by atoms with van der Waals surface area (Å²) >= 11 is 0. The maximum atomic E-state index is 4.42. The van der Waals surface area contributed by atoms with Gasteiger partial charge in [-0.2, -0.15) is 0 Å². The van der Waals surface area contributed by atoms with Crippen LogP contribution in [0, 0.1) is 5.41 Å². The van der Waals surface area contributed by atoms with Crippen LogP contribution in [0.25, 0.3) is 0 Å². The monoisotopic (exact) mass is 376 g/mol. The molecule has 1 aliphatic rings. The molecule has 0 saturated carbocycles. The van der Waals surface area contributed by atoms with Gasteiger partial charge in [0.25, 0.3) is 0 Å². The van der Waals surface area contributed by atoms with Crippen molar-refractivity contribution >= 4 is 5.96 Å². The number of unbranched alkanes of at least 4 members (excludes halogenated alkanes) is 2. The SMILES string of the molecule is CCCCCC(C)(C)CNC(=NC)NCCCc1nnc2n1CCCCC2. The lowest BCUT2D eigenvalue weighted by Crippen LogP contribution is -2.42. The minimum Gasteiger partial charge on any atom is -0.356 e. The van der Waals surface area contributed by atoms with Gasteiger partial charge in [-0.1, -0.05) is 46.5 Å². The summed E-state index contributed by atoms with van der Waals surface area (Å²) in [5.74, 6) is 3.23. The average molecular weight is 377 g/mol. The molecule has 0 spiro atoms. The molecule has 1 aromatic heterocycles. The number of aliphatic imine (C=N–C) groups is 1. The first-order chi connectivity index (χ1) is 13.1. The van der Waals surface area contributed by atoms with Crippen LogP contribution in [0.4, 0.5) is 0 Å². The van der Waals surface area contributed by atoms with Gasteiger partial charge in [-0.15, -0.1) is 10.2 Å². The molecule has 0 radical (unpaired) electrons. The molecule has 1 aliphatic heterocycles. The van der Waals surface area contributed by atoms with Crippen molar-refractivity contribution < 1.29 is 0 Å². The van der Waals surface area contributed by atoms with E-state index in [-0.39, 0.29) is 0 Å². The Morgan fingerprint density at radius 2 is 1.96 bits per heavy atom. The largest absolute Gasteiger partial charge is 0.356 e. The number of nitrogens with zero attached hydrogens (tertiary/aromatic N) is 4. The summed E-state index contributed by atoms with van der Waals surface area (Å²) in [5, 5.41) is 15.7. The summed E-state index contributed by atoms with van der Waals surface area (Å²) in [4.78, 5) is 4.37. The molecule has 0 amide bonds. The number of aryl methyl sites for hydroxylation is 2. The van der Waals surface area contributed by atoms with E-state index in [1.54, 1.807) is 0 Å². The van der Waals surface area contributed by atoms with Crippen molar-refractivity contribution in [3.63, 3.8) is 0 Å². The third-order valence-corrected chi connectivity index (χ3v) is 5.47. The lowest BCUT2D eigenvalue weighted by Gasteiger charge is -2.26. The molecule has 0 bridgehead atoms. The number of hydrogen-bond donors (Lipinski definition) is 2. The van der Waals surface area contributed by atoms with E-state index >= 15 is 0 Å². The molecule has 6 nitrogen and oxygen atoms in total. The molecule has 0 saturated heterocycles. The zero-order valence-corrected chi connectivity index (χ0v) is 18.0. The smallest absolute Gasteiger partial charge is 0.190 e. The molecule has 0 unspecified atom stereocenters. The fourth-order valence-electron chi connectivity index (χ4n) is 3.67. The van der Waals surface area contributed by atoms with E-state index < -0.39 is 0 Å². The number of guanidine groups is 1. The highest BCUT2D eigenvalue weighted by molar-refractivity contribution is 5.79. The Bertz CT molecular complexity index is 575. The van der Waals surface area contributed by atoms with Crippen LogP contribution in [0.2, 0.25) is 0 Å². The summed E-state index contributed by atoms with van der Waals surface area (Å²) in [6, 6.07) is 0. The van der Waals surface area contributed by atoms with Gasteiger partial charge in [0.1, 0.15) is 11.6 Å². The highest BCUT2D eigenvalue weighted by Crippen LogP contribution is 2.22. The zero-order chi connectivity index (χ0) is 19.5. The van der Waals surface area contributed by atoms with Gasteiger partial charge in [0.15, 0.2) is 5.96 Å². The minimum absolute atomic E-state index is 0.297. The summed E-state index contributed by atoms with van der Waals surface area (Å²) in [7, 11) is 1.85. The quantitative estimate of drug-likeness (QED) is 0.371. The highest BCUT2D eigenvalue weighted by Gasteiger charge is 2.18. The molecule has 1 aromatic rings. The molecule has 0 aromatic carbocycles. The molecule has 27 heavy (non-hydrogen) atoms. The fourth-order valence-corrected chi connectivity index (χ4v) is 3.67. The standard InChI is InChI=1S/C21H40N6/c1-5-6-9-14-21(2,3)17-24-20(22-4)23-15-11-13-19-26-25-18-12-8-7-10-16-27(18)19/h5-17H2,1-4H3,(H2,22,23,24). The second-order valence-corrected chi connectivity index (χ2v) is 8.57. The summed E-state index contributed by atoms with van der Waals surface area (Å²) in [6.07, 6.45) is 12.1. The second kappa shape index (κ2) is 11.3. The van der Waals surface area contributed by atoms with Gasteiger partial charge in [0, 0.05) is 39.5 Å². The molecular formula is C21H40N6. The Labute approximate surface area is 165 Å². The van der Waals surface area contributed by atoms with Crippen LogP contribution in [0.3, 0.4) is 0 Å². The normalized spacial score (nSPS) is 15.3. The maximum Gasteiger partial charge on any atom is 0.190 e. The van der Waals surface area contributed by atoms with Crippen LogP contribution in [0.1, 0.15) is 83.8 Å². The van der Waals surface area contributed by atoms with Crippen molar-refractivity contribution in [3.8, 4) is 0 Å². The third kappa shape index (κ3) is 7.51. The van der Waals surface area contributed by atoms with Gasteiger partial charge >= 0.3 is 0 Å². The van der Waals surface area contributed by atoms with E-state index in [1.165, 1.54) is 50.8 Å². The lowest BCUT2D eigenvalue weighted by atomic mass is 9.87. The minimum atomic E-state index is 0.297. The van der Waals surface area contributed by atoms with E-state index in [0.717, 1.165) is 50.7 Å². The van der Waals surface area contributed by atoms with E-state index in [0.29, 0.717) is 5.41 Å². The first-order valence-corrected chi connectivity index (χ1v) is 10.9. The van der Waals surface area contributed by atoms with Crippen LogP contribution in [0.5, 0.6) is 0 Å². The van der Waals surface area contributed by atoms with Crippen LogP contribution < -0.4 is 10.6 Å². The Morgan fingerprint density at radius 1 is 1.11 bits per heavy atom. The number of nitrogens with one attached hydrogen (secondary N) is 2. The molecule has 2 heterocycles.